The van der Waals surface area contributed by atoms with Gasteiger partial charge in [0.15, 0.2) is 6.04 Å². The zero-order valence-corrected chi connectivity index (χ0v) is 13.3. The van der Waals surface area contributed by atoms with Gasteiger partial charge in [-0.3, -0.25) is 13.9 Å². The standard InChI is InChI=1S/C16H19N3O5/c1-3-8-24-10-11(15(21)22)17-14(20)9-19-13-7-5-4-6-12(13)18(2)16(19)23/h3-7,11H,1,8-10H2,2H3,(H,17,20)(H,21,22). The molecule has 1 aromatic carbocycles. The number of hydrogen-bond acceptors (Lipinski definition) is 4. The van der Waals surface area contributed by atoms with Crippen molar-refractivity contribution in [2.75, 3.05) is 13.2 Å². The molecule has 2 N–H and O–H groups in total. The van der Waals surface area contributed by atoms with Gasteiger partial charge in [0.2, 0.25) is 5.91 Å². The summed E-state index contributed by atoms with van der Waals surface area (Å²) >= 11 is 0. The number of aliphatic carboxylic acids is 1. The molecule has 128 valence electrons. The summed E-state index contributed by atoms with van der Waals surface area (Å²) in [5.41, 5.74) is 0.954. The molecule has 0 bridgehead atoms. The number of amides is 1. The van der Waals surface area contributed by atoms with Crippen molar-refractivity contribution in [2.24, 2.45) is 7.05 Å². The van der Waals surface area contributed by atoms with Crippen molar-refractivity contribution >= 4 is 22.9 Å². The van der Waals surface area contributed by atoms with E-state index in [4.69, 9.17) is 9.84 Å². The van der Waals surface area contributed by atoms with Gasteiger partial charge in [0.1, 0.15) is 6.54 Å². The van der Waals surface area contributed by atoms with Gasteiger partial charge in [0.25, 0.3) is 0 Å². The number of para-hydroxylation sites is 2. The molecule has 1 amide bonds. The predicted octanol–water partition coefficient (Wildman–Crippen LogP) is 0.112. The Hall–Kier alpha value is -2.87. The molecule has 1 aromatic heterocycles. The quantitative estimate of drug-likeness (QED) is 0.527. The number of carbonyl (C=O) groups is 2. The van der Waals surface area contributed by atoms with E-state index in [0.29, 0.717) is 11.0 Å². The van der Waals surface area contributed by atoms with Crippen molar-refractivity contribution in [3.63, 3.8) is 0 Å². The molecule has 2 rings (SSSR count). The van der Waals surface area contributed by atoms with E-state index in [0.717, 1.165) is 0 Å². The SMILES string of the molecule is C=CCOCC(NC(=O)Cn1c(=O)n(C)c2ccccc21)C(=O)O. The minimum absolute atomic E-state index is 0.183. The van der Waals surface area contributed by atoms with Crippen molar-refractivity contribution in [1.82, 2.24) is 14.5 Å². The number of fused-ring (bicyclic) bond motifs is 1. The average Bonchev–Trinajstić information content (AvgIpc) is 2.79. The van der Waals surface area contributed by atoms with Gasteiger partial charge in [0, 0.05) is 7.05 Å². The molecule has 2 aromatic rings. The molecule has 0 aliphatic rings. The summed E-state index contributed by atoms with van der Waals surface area (Å²) in [6.07, 6.45) is 1.48. The molecular weight excluding hydrogens is 314 g/mol. The minimum atomic E-state index is -1.21. The van der Waals surface area contributed by atoms with Crippen LogP contribution in [0.5, 0.6) is 0 Å². The highest BCUT2D eigenvalue weighted by Gasteiger charge is 2.21. The molecule has 8 heteroatoms. The van der Waals surface area contributed by atoms with Crippen LogP contribution in [0.2, 0.25) is 0 Å². The molecular formula is C16H19N3O5. The Morgan fingerprint density at radius 2 is 2.04 bits per heavy atom. The van der Waals surface area contributed by atoms with Crippen molar-refractivity contribution in [1.29, 1.82) is 0 Å². The lowest BCUT2D eigenvalue weighted by molar-refractivity contribution is -0.143. The lowest BCUT2D eigenvalue weighted by Gasteiger charge is -2.14. The fraction of sp³-hybridized carbons (Fsp3) is 0.312. The van der Waals surface area contributed by atoms with E-state index in [-0.39, 0.29) is 25.4 Å². The summed E-state index contributed by atoms with van der Waals surface area (Å²) in [6.45, 7) is 3.19. The maximum absolute atomic E-state index is 12.2. The van der Waals surface area contributed by atoms with Crippen LogP contribution in [0.25, 0.3) is 11.0 Å². The molecule has 1 heterocycles. The molecule has 0 fully saturated rings. The van der Waals surface area contributed by atoms with E-state index in [2.05, 4.69) is 11.9 Å². The Labute approximate surface area is 137 Å². The number of nitrogens with one attached hydrogen (secondary N) is 1. The molecule has 0 saturated carbocycles. The Balaban J connectivity index is 2.14. The van der Waals surface area contributed by atoms with E-state index in [1.807, 2.05) is 0 Å². The van der Waals surface area contributed by atoms with E-state index >= 15 is 0 Å². The van der Waals surface area contributed by atoms with E-state index in [1.165, 1.54) is 15.2 Å². The smallest absolute Gasteiger partial charge is 0.329 e. The third kappa shape index (κ3) is 3.72. The number of aromatic nitrogens is 2. The van der Waals surface area contributed by atoms with Crippen LogP contribution >= 0.6 is 0 Å². The Bertz CT molecular complexity index is 821. The molecule has 1 unspecified atom stereocenters. The lowest BCUT2D eigenvalue weighted by Crippen LogP contribution is -2.46. The van der Waals surface area contributed by atoms with Crippen molar-refractivity contribution in [3.8, 4) is 0 Å². The highest BCUT2D eigenvalue weighted by atomic mass is 16.5. The summed E-state index contributed by atoms with van der Waals surface area (Å²) in [5, 5.41) is 11.5. The predicted molar refractivity (Wildman–Crippen MR) is 87.8 cm³/mol. The zero-order chi connectivity index (χ0) is 17.7. The molecule has 0 radical (unpaired) electrons. The minimum Gasteiger partial charge on any atom is -0.480 e. The van der Waals surface area contributed by atoms with Crippen LogP contribution in [0.3, 0.4) is 0 Å². The van der Waals surface area contributed by atoms with Gasteiger partial charge in [-0.05, 0) is 12.1 Å². The number of imidazole rings is 1. The first-order chi connectivity index (χ1) is 11.5. The van der Waals surface area contributed by atoms with Gasteiger partial charge in [-0.15, -0.1) is 6.58 Å². The number of aryl methyl sites for hydroxylation is 1. The number of nitrogens with zero attached hydrogens (tertiary/aromatic N) is 2. The number of ether oxygens (including phenoxy) is 1. The monoisotopic (exact) mass is 333 g/mol. The summed E-state index contributed by atoms with van der Waals surface area (Å²) in [4.78, 5) is 35.6. The largest absolute Gasteiger partial charge is 0.480 e. The van der Waals surface area contributed by atoms with Gasteiger partial charge >= 0.3 is 11.7 Å². The van der Waals surface area contributed by atoms with Crippen LogP contribution in [0.4, 0.5) is 0 Å². The van der Waals surface area contributed by atoms with E-state index < -0.39 is 17.9 Å². The summed E-state index contributed by atoms with van der Waals surface area (Å²) in [5.74, 6) is -1.79. The second-order valence-electron chi connectivity index (χ2n) is 5.20. The first kappa shape index (κ1) is 17.5. The van der Waals surface area contributed by atoms with Crippen LogP contribution in [0.15, 0.2) is 41.7 Å². The third-order valence-corrected chi connectivity index (χ3v) is 3.51. The Morgan fingerprint density at radius 3 is 2.67 bits per heavy atom. The molecule has 0 spiro atoms. The molecule has 1 atom stereocenters. The first-order valence-electron chi connectivity index (χ1n) is 7.30. The Morgan fingerprint density at radius 1 is 1.38 bits per heavy atom. The van der Waals surface area contributed by atoms with E-state index in [1.54, 1.807) is 31.3 Å². The highest BCUT2D eigenvalue weighted by molar-refractivity contribution is 5.85. The highest BCUT2D eigenvalue weighted by Crippen LogP contribution is 2.11. The second kappa shape index (κ2) is 7.60. The first-order valence-corrected chi connectivity index (χ1v) is 7.30. The number of benzene rings is 1. The molecule has 0 saturated heterocycles. The third-order valence-electron chi connectivity index (χ3n) is 3.51. The maximum atomic E-state index is 12.2. The molecule has 24 heavy (non-hydrogen) atoms. The van der Waals surface area contributed by atoms with Crippen LogP contribution < -0.4 is 11.0 Å². The van der Waals surface area contributed by atoms with Crippen LogP contribution in [-0.4, -0.2) is 45.4 Å². The zero-order valence-electron chi connectivity index (χ0n) is 13.3. The number of hydrogen-bond donors (Lipinski definition) is 2. The number of carboxylic acid groups (broad SMARTS) is 1. The van der Waals surface area contributed by atoms with E-state index in [9.17, 15) is 14.4 Å². The van der Waals surface area contributed by atoms with Crippen molar-refractivity contribution in [2.45, 2.75) is 12.6 Å². The topological polar surface area (TPSA) is 103 Å². The van der Waals surface area contributed by atoms with Crippen molar-refractivity contribution < 1.29 is 19.4 Å². The van der Waals surface area contributed by atoms with Crippen molar-refractivity contribution in [3.05, 3.63) is 47.4 Å². The molecule has 0 aliphatic heterocycles. The summed E-state index contributed by atoms with van der Waals surface area (Å²) in [6, 6.07) is 5.87. The van der Waals surface area contributed by atoms with Crippen LogP contribution in [0.1, 0.15) is 0 Å². The van der Waals surface area contributed by atoms with Gasteiger partial charge in [-0.25, -0.2) is 9.59 Å². The number of carbonyl (C=O) groups excluding carboxylic acids is 1. The normalized spacial score (nSPS) is 12.0. The van der Waals surface area contributed by atoms with Gasteiger partial charge in [-0.2, -0.15) is 0 Å². The fourth-order valence-electron chi connectivity index (χ4n) is 2.34. The molecule has 8 nitrogen and oxygen atoms in total. The summed E-state index contributed by atoms with van der Waals surface area (Å²) < 4.78 is 7.80. The Kier molecular flexibility index (Phi) is 5.54. The molecule has 0 aliphatic carbocycles. The van der Waals surface area contributed by atoms with Gasteiger partial charge in [-0.1, -0.05) is 18.2 Å². The number of carboxylic acids is 1. The second-order valence-corrected chi connectivity index (χ2v) is 5.20. The fourth-order valence-corrected chi connectivity index (χ4v) is 2.34. The van der Waals surface area contributed by atoms with Gasteiger partial charge in [0.05, 0.1) is 24.2 Å². The van der Waals surface area contributed by atoms with Crippen LogP contribution in [-0.2, 0) is 27.9 Å². The van der Waals surface area contributed by atoms with Gasteiger partial charge < -0.3 is 15.2 Å². The average molecular weight is 333 g/mol. The lowest BCUT2D eigenvalue weighted by atomic mass is 10.3. The van der Waals surface area contributed by atoms with Crippen LogP contribution in [0, 0.1) is 0 Å². The summed E-state index contributed by atoms with van der Waals surface area (Å²) in [7, 11) is 1.61. The number of rotatable bonds is 8. The maximum Gasteiger partial charge on any atom is 0.329 e.